The molecule has 0 amide bonds. The lowest BCUT2D eigenvalue weighted by Gasteiger charge is -2.12. The highest BCUT2D eigenvalue weighted by Crippen LogP contribution is 2.36. The smallest absolute Gasteiger partial charge is 0.171 e. The Morgan fingerprint density at radius 2 is 2.07 bits per heavy atom. The number of hydrogen-bond donors (Lipinski definition) is 3. The monoisotopic (exact) mass is 259 g/mol. The van der Waals surface area contributed by atoms with Gasteiger partial charge in [-0.25, -0.2) is 0 Å². The molecule has 0 aliphatic carbocycles. The van der Waals surface area contributed by atoms with Crippen molar-refractivity contribution in [2.45, 2.75) is 19.3 Å². The minimum Gasteiger partial charge on any atom is -0.504 e. The summed E-state index contributed by atoms with van der Waals surface area (Å²) in [4.78, 5) is 0. The van der Waals surface area contributed by atoms with Crippen LogP contribution in [0.1, 0.15) is 24.8 Å². The van der Waals surface area contributed by atoms with Gasteiger partial charge < -0.3 is 15.9 Å². The van der Waals surface area contributed by atoms with Gasteiger partial charge in [0.1, 0.15) is 0 Å². The van der Waals surface area contributed by atoms with Crippen LogP contribution in [0.3, 0.4) is 0 Å². The maximum atomic E-state index is 9.39. The molecular weight excluding hydrogens is 246 g/mol. The van der Waals surface area contributed by atoms with Gasteiger partial charge >= 0.3 is 0 Å². The van der Waals surface area contributed by atoms with Gasteiger partial charge in [-0.3, -0.25) is 0 Å². The van der Waals surface area contributed by atoms with Crippen LogP contribution >= 0.6 is 15.9 Å². The molecule has 1 atom stereocenters. The third-order valence-corrected chi connectivity index (χ3v) is 2.84. The Labute approximate surface area is 91.7 Å². The fourth-order valence-electron chi connectivity index (χ4n) is 1.31. The average molecular weight is 260 g/mol. The zero-order valence-corrected chi connectivity index (χ0v) is 9.58. The largest absolute Gasteiger partial charge is 0.504 e. The van der Waals surface area contributed by atoms with Crippen LogP contribution < -0.4 is 5.73 Å². The highest BCUT2D eigenvalue weighted by Gasteiger charge is 2.11. The average Bonchev–Trinajstić information content (AvgIpc) is 2.13. The molecule has 0 radical (unpaired) electrons. The van der Waals surface area contributed by atoms with E-state index in [4.69, 9.17) is 5.73 Å². The van der Waals surface area contributed by atoms with E-state index in [1.54, 1.807) is 12.1 Å². The van der Waals surface area contributed by atoms with E-state index in [0.717, 1.165) is 12.0 Å². The molecule has 0 fully saturated rings. The number of phenolic OH excluding ortho intramolecular Hbond substituents is 2. The molecule has 0 saturated carbocycles. The van der Waals surface area contributed by atoms with Crippen LogP contribution in [0.4, 0.5) is 0 Å². The van der Waals surface area contributed by atoms with Gasteiger partial charge in [-0.05, 0) is 52.5 Å². The Hall–Kier alpha value is -0.740. The van der Waals surface area contributed by atoms with Crippen molar-refractivity contribution >= 4 is 15.9 Å². The molecule has 78 valence electrons. The van der Waals surface area contributed by atoms with Crippen molar-refractivity contribution in [3.05, 3.63) is 22.2 Å². The second-order valence-electron chi connectivity index (χ2n) is 3.35. The van der Waals surface area contributed by atoms with Crippen LogP contribution in [-0.2, 0) is 0 Å². The van der Waals surface area contributed by atoms with Gasteiger partial charge in [-0.1, -0.05) is 6.92 Å². The second kappa shape index (κ2) is 4.66. The third kappa shape index (κ3) is 2.39. The molecule has 1 rings (SSSR count). The van der Waals surface area contributed by atoms with E-state index in [0.29, 0.717) is 11.0 Å². The predicted octanol–water partition coefficient (Wildman–Crippen LogP) is 2.31. The summed E-state index contributed by atoms with van der Waals surface area (Å²) in [5.74, 6) is 0.0646. The number of rotatable bonds is 3. The Kier molecular flexibility index (Phi) is 3.77. The number of benzene rings is 1. The Morgan fingerprint density at radius 3 is 2.57 bits per heavy atom. The maximum Gasteiger partial charge on any atom is 0.171 e. The first-order valence-corrected chi connectivity index (χ1v) is 5.27. The van der Waals surface area contributed by atoms with Crippen LogP contribution in [0.15, 0.2) is 16.6 Å². The molecular formula is C10H14BrNO2. The topological polar surface area (TPSA) is 66.5 Å². The fraction of sp³-hybridized carbons (Fsp3) is 0.400. The summed E-state index contributed by atoms with van der Waals surface area (Å²) >= 11 is 3.18. The summed E-state index contributed by atoms with van der Waals surface area (Å²) < 4.78 is 0.511. The van der Waals surface area contributed by atoms with Crippen molar-refractivity contribution in [2.75, 3.05) is 6.54 Å². The van der Waals surface area contributed by atoms with Crippen molar-refractivity contribution in [3.8, 4) is 11.5 Å². The summed E-state index contributed by atoms with van der Waals surface area (Å²) in [6.07, 6.45) is 0.858. The van der Waals surface area contributed by atoms with Crippen LogP contribution in [0, 0.1) is 0 Å². The van der Waals surface area contributed by atoms with Gasteiger partial charge in [0, 0.05) is 0 Å². The van der Waals surface area contributed by atoms with Crippen LogP contribution in [0.5, 0.6) is 11.5 Å². The molecule has 0 bridgehead atoms. The van der Waals surface area contributed by atoms with E-state index in [-0.39, 0.29) is 17.4 Å². The fourth-order valence-corrected chi connectivity index (χ4v) is 1.77. The Bertz CT molecular complexity index is 305. The van der Waals surface area contributed by atoms with E-state index >= 15 is 0 Å². The van der Waals surface area contributed by atoms with E-state index in [2.05, 4.69) is 15.9 Å². The van der Waals surface area contributed by atoms with Crippen molar-refractivity contribution in [2.24, 2.45) is 5.73 Å². The molecule has 14 heavy (non-hydrogen) atoms. The van der Waals surface area contributed by atoms with Crippen LogP contribution in [0.2, 0.25) is 0 Å². The molecule has 1 unspecified atom stereocenters. The summed E-state index contributed by atoms with van der Waals surface area (Å²) in [7, 11) is 0. The summed E-state index contributed by atoms with van der Waals surface area (Å²) in [6, 6.07) is 3.37. The van der Waals surface area contributed by atoms with Crippen molar-refractivity contribution < 1.29 is 10.2 Å². The molecule has 0 saturated heterocycles. The first kappa shape index (κ1) is 11.3. The zero-order chi connectivity index (χ0) is 10.7. The number of phenols is 2. The maximum absolute atomic E-state index is 9.39. The number of halogens is 1. The van der Waals surface area contributed by atoms with Gasteiger partial charge in [0.25, 0.3) is 0 Å². The van der Waals surface area contributed by atoms with Crippen LogP contribution in [0.25, 0.3) is 0 Å². The number of nitrogens with two attached hydrogens (primary N) is 1. The molecule has 4 N–H and O–H groups in total. The lowest BCUT2D eigenvalue weighted by atomic mass is 9.97. The normalized spacial score (nSPS) is 12.8. The van der Waals surface area contributed by atoms with Crippen molar-refractivity contribution in [1.29, 1.82) is 0 Å². The predicted molar refractivity (Wildman–Crippen MR) is 59.6 cm³/mol. The van der Waals surface area contributed by atoms with Crippen LogP contribution in [-0.4, -0.2) is 16.8 Å². The van der Waals surface area contributed by atoms with Gasteiger partial charge in [0.15, 0.2) is 11.5 Å². The summed E-state index contributed by atoms with van der Waals surface area (Å²) in [5, 5.41) is 18.7. The van der Waals surface area contributed by atoms with Gasteiger partial charge in [-0.15, -0.1) is 0 Å². The first-order chi connectivity index (χ1) is 6.56. The van der Waals surface area contributed by atoms with E-state index in [1.165, 1.54) is 0 Å². The van der Waals surface area contributed by atoms with E-state index in [1.807, 2.05) is 6.92 Å². The number of aromatic hydroxyl groups is 2. The third-order valence-electron chi connectivity index (χ3n) is 2.23. The second-order valence-corrected chi connectivity index (χ2v) is 4.20. The Morgan fingerprint density at radius 1 is 1.43 bits per heavy atom. The molecule has 1 aromatic carbocycles. The molecule has 0 aliphatic rings. The van der Waals surface area contributed by atoms with Gasteiger partial charge in [0.2, 0.25) is 0 Å². The standard InChI is InChI=1S/C10H14BrNO2/c1-6(2-3-12)7-4-8(11)10(14)9(13)5-7/h4-6,13-14H,2-3,12H2,1H3. The zero-order valence-electron chi connectivity index (χ0n) is 8.00. The SMILES string of the molecule is CC(CCN)c1cc(O)c(O)c(Br)c1. The van der Waals surface area contributed by atoms with Gasteiger partial charge in [0.05, 0.1) is 4.47 Å². The van der Waals surface area contributed by atoms with E-state index < -0.39 is 0 Å². The molecule has 4 heteroatoms. The number of hydrogen-bond acceptors (Lipinski definition) is 3. The minimum absolute atomic E-state index is 0.0988. The lowest BCUT2D eigenvalue weighted by molar-refractivity contribution is 0.400. The molecule has 0 aliphatic heterocycles. The Balaban J connectivity index is 3.00. The molecule has 0 spiro atoms. The minimum atomic E-state index is -0.117. The van der Waals surface area contributed by atoms with Gasteiger partial charge in [-0.2, -0.15) is 0 Å². The summed E-state index contributed by atoms with van der Waals surface area (Å²) in [5.41, 5.74) is 6.42. The highest BCUT2D eigenvalue weighted by molar-refractivity contribution is 9.10. The molecule has 1 aromatic rings. The lowest BCUT2D eigenvalue weighted by Crippen LogP contribution is -2.04. The quantitative estimate of drug-likeness (QED) is 0.730. The van der Waals surface area contributed by atoms with Crippen molar-refractivity contribution in [1.82, 2.24) is 0 Å². The van der Waals surface area contributed by atoms with Crippen molar-refractivity contribution in [3.63, 3.8) is 0 Å². The van der Waals surface area contributed by atoms with E-state index in [9.17, 15) is 10.2 Å². The molecule has 0 aromatic heterocycles. The molecule has 0 heterocycles. The highest BCUT2D eigenvalue weighted by atomic mass is 79.9. The molecule has 3 nitrogen and oxygen atoms in total. The first-order valence-electron chi connectivity index (χ1n) is 4.47. The summed E-state index contributed by atoms with van der Waals surface area (Å²) in [6.45, 7) is 2.64.